The number of nitrogens with zero attached hydrogens (tertiary/aromatic N) is 6. The number of hydrogen-bond acceptors (Lipinski definition) is 12. The van der Waals surface area contributed by atoms with E-state index in [0.717, 1.165) is 59.3 Å². The van der Waals surface area contributed by atoms with Crippen LogP contribution in [0.1, 0.15) is 62.8 Å². The summed E-state index contributed by atoms with van der Waals surface area (Å²) in [6.07, 6.45) is 7.37. The van der Waals surface area contributed by atoms with Crippen LogP contribution < -0.4 is 15.4 Å². The van der Waals surface area contributed by atoms with Gasteiger partial charge >= 0.3 is 0 Å². The molecule has 4 aromatic heterocycles. The second-order valence-electron chi connectivity index (χ2n) is 11.0. The van der Waals surface area contributed by atoms with Crippen molar-refractivity contribution in [1.29, 1.82) is 0 Å². The predicted molar refractivity (Wildman–Crippen MR) is 175 cm³/mol. The third kappa shape index (κ3) is 8.58. The number of rotatable bonds is 8. The Labute approximate surface area is 270 Å². The molecule has 14 heteroatoms. The first-order valence-electron chi connectivity index (χ1n) is 14.8. The summed E-state index contributed by atoms with van der Waals surface area (Å²) in [4.78, 5) is 26.5. The van der Waals surface area contributed by atoms with Gasteiger partial charge in [0.2, 0.25) is 5.88 Å². The Morgan fingerprint density at radius 2 is 1.32 bits per heavy atom. The zero-order valence-corrected chi connectivity index (χ0v) is 27.7. The minimum atomic E-state index is -0.835. The number of thiazole rings is 2. The average molecular weight is 661 g/mol. The molecule has 2 aliphatic carbocycles. The topological polar surface area (TPSA) is 120 Å². The van der Waals surface area contributed by atoms with Crippen LogP contribution in [0.3, 0.4) is 0 Å². The van der Waals surface area contributed by atoms with Gasteiger partial charge < -0.3 is 20.1 Å². The van der Waals surface area contributed by atoms with Crippen LogP contribution in [0, 0.1) is 13.8 Å². The molecular weight excluding hydrogens is 623 g/mol. The summed E-state index contributed by atoms with van der Waals surface area (Å²) in [5.74, 6) is 2.93. The van der Waals surface area contributed by atoms with Crippen molar-refractivity contribution in [3.8, 4) is 27.5 Å². The molecule has 0 spiro atoms. The van der Waals surface area contributed by atoms with E-state index in [1.165, 1.54) is 35.5 Å². The fraction of sp³-hybridized carbons (Fsp3) is 0.533. The normalized spacial score (nSPS) is 21.7. The Morgan fingerprint density at radius 1 is 0.750 bits per heavy atom. The van der Waals surface area contributed by atoms with E-state index in [-0.39, 0.29) is 18.2 Å². The smallest absolute Gasteiger partial charge is 0.218 e. The number of alkyl halides is 1. The molecule has 44 heavy (non-hydrogen) atoms. The van der Waals surface area contributed by atoms with Crippen LogP contribution in [0.4, 0.5) is 16.0 Å². The van der Waals surface area contributed by atoms with Gasteiger partial charge in [0.15, 0.2) is 21.7 Å². The summed E-state index contributed by atoms with van der Waals surface area (Å²) in [5, 5.41) is 12.4. The van der Waals surface area contributed by atoms with Crippen molar-refractivity contribution < 1.29 is 13.9 Å². The highest BCUT2D eigenvalue weighted by molar-refractivity contribution is 7.13. The summed E-state index contributed by atoms with van der Waals surface area (Å²) in [6.45, 7) is 3.88. The lowest BCUT2D eigenvalue weighted by molar-refractivity contribution is 0.0605. The molecule has 2 N–H and O–H groups in total. The first-order chi connectivity index (χ1) is 21.3. The maximum Gasteiger partial charge on any atom is 0.218 e. The highest BCUT2D eigenvalue weighted by atomic mass is 35.5. The van der Waals surface area contributed by atoms with Crippen LogP contribution in [0.5, 0.6) is 5.88 Å². The number of ether oxygens (including phenoxy) is 2. The highest BCUT2D eigenvalue weighted by Gasteiger charge is 2.26. The number of anilines is 2. The predicted octanol–water partition coefficient (Wildman–Crippen LogP) is 7.54. The van der Waals surface area contributed by atoms with Gasteiger partial charge in [-0.1, -0.05) is 37.3 Å². The van der Waals surface area contributed by atoms with Gasteiger partial charge in [-0.25, -0.2) is 29.3 Å². The molecule has 0 saturated heterocycles. The van der Waals surface area contributed by atoms with Gasteiger partial charge in [-0.2, -0.15) is 4.98 Å². The standard InChI is InChI=1S/C16H22N4O2S.C14H16ClFN4S/c1-10-9-23-16(17-10)15-19-13(8-14(20-15)22-3)18-11-6-4-5-7-12(11)21-2;1-8-7-21-14(17-8)13-19-11(15)6-12(20-13)18-10-5-3-2-4-9(10)16/h8-9,11-12H,4-7H2,1-3H3,(H,18,19,20);6-7,9-10H,2-5H2,1H3,(H,18,19,20). The van der Waals surface area contributed by atoms with Gasteiger partial charge in [0.05, 0.1) is 25.3 Å². The fourth-order valence-corrected chi connectivity index (χ4v) is 7.01. The maximum atomic E-state index is 13.9. The van der Waals surface area contributed by atoms with E-state index in [1.807, 2.05) is 30.7 Å². The third-order valence-electron chi connectivity index (χ3n) is 7.58. The summed E-state index contributed by atoms with van der Waals surface area (Å²) in [6, 6.07) is 3.52. The Hall–Kier alpha value is -3.00. The molecule has 2 fully saturated rings. The van der Waals surface area contributed by atoms with Crippen molar-refractivity contribution in [2.24, 2.45) is 0 Å². The lowest BCUT2D eigenvalue weighted by atomic mass is 9.92. The zero-order chi connectivity index (χ0) is 31.1. The average Bonchev–Trinajstić information content (AvgIpc) is 3.66. The van der Waals surface area contributed by atoms with Crippen LogP contribution in [-0.4, -0.2) is 68.5 Å². The van der Waals surface area contributed by atoms with Crippen LogP contribution in [0.2, 0.25) is 5.15 Å². The largest absolute Gasteiger partial charge is 0.481 e. The molecule has 2 saturated carbocycles. The van der Waals surface area contributed by atoms with E-state index >= 15 is 0 Å². The minimum absolute atomic E-state index is 0.199. The molecule has 0 amide bonds. The van der Waals surface area contributed by atoms with Crippen LogP contribution in [-0.2, 0) is 4.74 Å². The van der Waals surface area contributed by atoms with Crippen molar-refractivity contribution in [2.45, 2.75) is 89.6 Å². The van der Waals surface area contributed by atoms with Crippen LogP contribution in [0.25, 0.3) is 21.7 Å². The number of aryl methyl sites for hydroxylation is 2. The minimum Gasteiger partial charge on any atom is -0.481 e. The number of halogens is 2. The first-order valence-corrected chi connectivity index (χ1v) is 17.0. The van der Waals surface area contributed by atoms with E-state index in [9.17, 15) is 4.39 Å². The quantitative estimate of drug-likeness (QED) is 0.183. The van der Waals surface area contributed by atoms with Gasteiger partial charge in [0.25, 0.3) is 0 Å². The molecule has 2 aliphatic rings. The van der Waals surface area contributed by atoms with Gasteiger partial charge in [-0.15, -0.1) is 22.7 Å². The van der Waals surface area contributed by atoms with Crippen molar-refractivity contribution in [3.63, 3.8) is 0 Å². The summed E-state index contributed by atoms with van der Waals surface area (Å²) >= 11 is 9.06. The van der Waals surface area contributed by atoms with Crippen molar-refractivity contribution in [2.75, 3.05) is 24.9 Å². The Balaban J connectivity index is 0.000000175. The molecule has 4 aromatic rings. The third-order valence-corrected chi connectivity index (χ3v) is 9.69. The zero-order valence-electron chi connectivity index (χ0n) is 25.3. The molecule has 4 unspecified atom stereocenters. The molecule has 10 nitrogen and oxygen atoms in total. The molecule has 0 radical (unpaired) electrons. The monoisotopic (exact) mass is 660 g/mol. The molecule has 6 rings (SSSR count). The van der Waals surface area contributed by atoms with Crippen molar-refractivity contribution in [3.05, 3.63) is 39.4 Å². The number of nitrogens with one attached hydrogen (secondary N) is 2. The molecule has 4 heterocycles. The highest BCUT2D eigenvalue weighted by Crippen LogP contribution is 2.29. The molecule has 0 aromatic carbocycles. The first kappa shape index (κ1) is 32.4. The number of aromatic nitrogens is 6. The van der Waals surface area contributed by atoms with E-state index in [1.54, 1.807) is 20.3 Å². The van der Waals surface area contributed by atoms with Crippen molar-refractivity contribution in [1.82, 2.24) is 29.9 Å². The second-order valence-corrected chi connectivity index (χ2v) is 13.1. The van der Waals surface area contributed by atoms with Gasteiger partial charge in [-0.05, 0) is 39.5 Å². The SMILES string of the molecule is COc1cc(NC2CCCCC2OC)nc(-c2nc(C)cs2)n1.Cc1csc(-c2nc(Cl)cc(NC3CCCCC3F)n2)n1. The Bertz CT molecular complexity index is 1520. The molecule has 0 bridgehead atoms. The summed E-state index contributed by atoms with van der Waals surface area (Å²) < 4.78 is 24.8. The second kappa shape index (κ2) is 15.3. The summed E-state index contributed by atoms with van der Waals surface area (Å²) in [7, 11) is 3.39. The maximum absolute atomic E-state index is 13.9. The van der Waals surface area contributed by atoms with Gasteiger partial charge in [0, 0.05) is 41.4 Å². The van der Waals surface area contributed by atoms with Crippen LogP contribution in [0.15, 0.2) is 22.9 Å². The Kier molecular flexibility index (Phi) is 11.3. The lowest BCUT2D eigenvalue weighted by Gasteiger charge is -2.31. The van der Waals surface area contributed by atoms with E-state index in [2.05, 4.69) is 40.5 Å². The Morgan fingerprint density at radius 3 is 1.91 bits per heavy atom. The molecular formula is C30H38ClFN8O2S2. The molecule has 236 valence electrons. The molecule has 4 atom stereocenters. The van der Waals surface area contributed by atoms with E-state index in [4.69, 9.17) is 21.1 Å². The molecule has 0 aliphatic heterocycles. The van der Waals surface area contributed by atoms with E-state index < -0.39 is 6.17 Å². The van der Waals surface area contributed by atoms with Crippen LogP contribution >= 0.6 is 34.3 Å². The van der Waals surface area contributed by atoms with Crippen molar-refractivity contribution >= 4 is 45.9 Å². The number of hydrogen-bond donors (Lipinski definition) is 2. The van der Waals surface area contributed by atoms with Gasteiger partial charge in [-0.3, -0.25) is 0 Å². The fourth-order valence-electron chi connectivity index (χ4n) is 5.37. The number of methoxy groups -OCH3 is 2. The lowest BCUT2D eigenvalue weighted by Crippen LogP contribution is -2.38. The van der Waals surface area contributed by atoms with E-state index in [0.29, 0.717) is 34.9 Å². The summed E-state index contributed by atoms with van der Waals surface area (Å²) in [5.41, 5.74) is 1.89. The van der Waals surface area contributed by atoms with Gasteiger partial charge in [0.1, 0.15) is 23.0 Å².